The minimum atomic E-state index is -1.49. The first-order chi connectivity index (χ1) is 7.66. The van der Waals surface area contributed by atoms with Crippen LogP contribution in [0.2, 0.25) is 0 Å². The van der Waals surface area contributed by atoms with Crippen LogP contribution < -0.4 is 0 Å². The summed E-state index contributed by atoms with van der Waals surface area (Å²) in [6.45, 7) is 3.53. The Labute approximate surface area is 94.6 Å². The number of hydrogen-bond acceptors (Lipinski definition) is 2. The van der Waals surface area contributed by atoms with Crippen LogP contribution in [0.5, 0.6) is 0 Å². The minimum absolute atomic E-state index is 0.166. The first-order valence-electron chi connectivity index (χ1n) is 5.93. The predicted octanol–water partition coefficient (Wildman–Crippen LogP) is 3.34. The maximum atomic E-state index is 12.4. The molecule has 0 atom stereocenters. The quantitative estimate of drug-likeness (QED) is 0.690. The van der Waals surface area contributed by atoms with E-state index >= 15 is 0 Å². The zero-order valence-corrected chi connectivity index (χ0v) is 9.55. The summed E-state index contributed by atoms with van der Waals surface area (Å²) >= 11 is 0. The molecule has 2 aliphatic rings. The van der Waals surface area contributed by atoms with E-state index in [0.717, 1.165) is 26.1 Å². The van der Waals surface area contributed by atoms with Crippen molar-refractivity contribution in [3.63, 3.8) is 0 Å². The average molecular weight is 232 g/mol. The minimum Gasteiger partial charge on any atom is -0.352 e. The van der Waals surface area contributed by atoms with Crippen LogP contribution in [0.4, 0.5) is 8.78 Å². The second kappa shape index (κ2) is 5.23. The third-order valence-corrected chi connectivity index (χ3v) is 3.38. The Morgan fingerprint density at radius 2 is 1.69 bits per heavy atom. The molecule has 1 aliphatic carbocycles. The molecule has 0 amide bonds. The number of rotatable bonds is 1. The Morgan fingerprint density at radius 1 is 1.12 bits per heavy atom. The normalized spacial score (nSPS) is 36.2. The maximum absolute atomic E-state index is 12.4. The molecule has 1 aliphatic heterocycles. The third-order valence-electron chi connectivity index (χ3n) is 3.38. The van der Waals surface area contributed by atoms with Crippen molar-refractivity contribution in [1.29, 1.82) is 0 Å². The van der Waals surface area contributed by atoms with Gasteiger partial charge in [0, 0.05) is 11.8 Å². The Bertz CT molecular complexity index is 256. The van der Waals surface area contributed by atoms with E-state index in [1.165, 1.54) is 0 Å². The lowest BCUT2D eigenvalue weighted by molar-refractivity contribution is -0.224. The Morgan fingerprint density at radius 3 is 2.19 bits per heavy atom. The monoisotopic (exact) mass is 232 g/mol. The number of hydrogen-bond donors (Lipinski definition) is 0. The predicted molar refractivity (Wildman–Crippen MR) is 56.1 cm³/mol. The summed E-state index contributed by atoms with van der Waals surface area (Å²) in [5, 5.41) is 0. The third kappa shape index (κ3) is 2.80. The van der Waals surface area contributed by atoms with Crippen molar-refractivity contribution in [3.8, 4) is 0 Å². The Balaban J connectivity index is 1.83. The van der Waals surface area contributed by atoms with Gasteiger partial charge >= 0.3 is 0 Å². The van der Waals surface area contributed by atoms with Gasteiger partial charge in [-0.15, -0.1) is 0 Å². The van der Waals surface area contributed by atoms with E-state index in [2.05, 4.69) is 6.92 Å². The molecular weight excluding hydrogens is 214 g/mol. The smallest absolute Gasteiger partial charge is 0.269 e. The SMILES string of the molecule is CC1COC(C2CCC(=C(F)F)CC2)OC1. The highest BCUT2D eigenvalue weighted by atomic mass is 19.3. The molecule has 0 spiro atoms. The van der Waals surface area contributed by atoms with E-state index in [1.54, 1.807) is 0 Å². The molecule has 1 saturated heterocycles. The van der Waals surface area contributed by atoms with E-state index < -0.39 is 6.08 Å². The summed E-state index contributed by atoms with van der Waals surface area (Å²) in [5.74, 6) is 0.731. The van der Waals surface area contributed by atoms with Gasteiger partial charge in [-0.05, 0) is 31.3 Å². The molecule has 4 heteroatoms. The molecule has 16 heavy (non-hydrogen) atoms. The molecule has 0 N–H and O–H groups in total. The molecule has 0 aromatic carbocycles. The number of allylic oxidation sites excluding steroid dienone is 1. The highest BCUT2D eigenvalue weighted by molar-refractivity contribution is 5.05. The van der Waals surface area contributed by atoms with E-state index in [0.29, 0.717) is 24.3 Å². The van der Waals surface area contributed by atoms with Crippen LogP contribution in [0.25, 0.3) is 0 Å². The fraction of sp³-hybridized carbons (Fsp3) is 0.833. The first kappa shape index (κ1) is 12.0. The van der Waals surface area contributed by atoms with Crippen molar-refractivity contribution < 1.29 is 18.3 Å². The Hall–Kier alpha value is -0.480. The van der Waals surface area contributed by atoms with Crippen molar-refractivity contribution in [2.75, 3.05) is 13.2 Å². The highest BCUT2D eigenvalue weighted by Crippen LogP contribution is 2.35. The molecule has 0 unspecified atom stereocenters. The van der Waals surface area contributed by atoms with Crippen molar-refractivity contribution in [2.45, 2.75) is 38.9 Å². The van der Waals surface area contributed by atoms with Gasteiger partial charge in [-0.3, -0.25) is 0 Å². The lowest BCUT2D eigenvalue weighted by atomic mass is 9.85. The van der Waals surface area contributed by atoms with Crippen LogP contribution in [-0.4, -0.2) is 19.5 Å². The summed E-state index contributed by atoms with van der Waals surface area (Å²) in [4.78, 5) is 0. The van der Waals surface area contributed by atoms with Gasteiger partial charge in [0.2, 0.25) is 0 Å². The van der Waals surface area contributed by atoms with Gasteiger partial charge in [0.1, 0.15) is 0 Å². The summed E-state index contributed by atoms with van der Waals surface area (Å²) in [5.41, 5.74) is 0.320. The van der Waals surface area contributed by atoms with Crippen LogP contribution in [0.3, 0.4) is 0 Å². The molecule has 0 bridgehead atoms. The van der Waals surface area contributed by atoms with Gasteiger partial charge in [-0.2, -0.15) is 8.78 Å². The van der Waals surface area contributed by atoms with Crippen LogP contribution in [0.15, 0.2) is 11.7 Å². The zero-order chi connectivity index (χ0) is 11.5. The maximum Gasteiger partial charge on any atom is 0.269 e. The van der Waals surface area contributed by atoms with E-state index in [1.807, 2.05) is 0 Å². The lowest BCUT2D eigenvalue weighted by Gasteiger charge is -2.35. The lowest BCUT2D eigenvalue weighted by Crippen LogP contribution is -2.37. The molecule has 2 rings (SSSR count). The molecule has 1 saturated carbocycles. The largest absolute Gasteiger partial charge is 0.352 e. The summed E-state index contributed by atoms with van der Waals surface area (Å²) in [6, 6.07) is 0. The van der Waals surface area contributed by atoms with Gasteiger partial charge in [-0.1, -0.05) is 6.92 Å². The molecular formula is C12H18F2O2. The Kier molecular flexibility index (Phi) is 3.92. The van der Waals surface area contributed by atoms with Crippen LogP contribution in [0.1, 0.15) is 32.6 Å². The molecule has 2 fully saturated rings. The van der Waals surface area contributed by atoms with Gasteiger partial charge < -0.3 is 9.47 Å². The fourth-order valence-corrected chi connectivity index (χ4v) is 2.34. The van der Waals surface area contributed by atoms with Crippen LogP contribution >= 0.6 is 0 Å². The first-order valence-corrected chi connectivity index (χ1v) is 5.93. The summed E-state index contributed by atoms with van der Waals surface area (Å²) < 4.78 is 35.9. The standard InChI is InChI=1S/C12H18F2O2/c1-8-6-15-12(16-7-8)10-4-2-9(3-5-10)11(13)14/h8,10,12H,2-7H2,1H3. The van der Waals surface area contributed by atoms with Crippen molar-refractivity contribution in [2.24, 2.45) is 11.8 Å². The molecule has 0 aromatic heterocycles. The number of ether oxygens (including phenoxy) is 2. The zero-order valence-electron chi connectivity index (χ0n) is 9.55. The second-order valence-corrected chi connectivity index (χ2v) is 4.84. The average Bonchev–Trinajstić information content (AvgIpc) is 2.30. The van der Waals surface area contributed by atoms with Crippen molar-refractivity contribution in [1.82, 2.24) is 0 Å². The number of halogens is 2. The second-order valence-electron chi connectivity index (χ2n) is 4.84. The van der Waals surface area contributed by atoms with Gasteiger partial charge in [0.25, 0.3) is 6.08 Å². The van der Waals surface area contributed by atoms with E-state index in [4.69, 9.17) is 9.47 Å². The van der Waals surface area contributed by atoms with Crippen molar-refractivity contribution >= 4 is 0 Å². The van der Waals surface area contributed by atoms with E-state index in [-0.39, 0.29) is 12.2 Å². The molecule has 1 heterocycles. The fourth-order valence-electron chi connectivity index (χ4n) is 2.34. The summed E-state index contributed by atoms with van der Waals surface area (Å²) in [7, 11) is 0. The van der Waals surface area contributed by atoms with Crippen LogP contribution in [-0.2, 0) is 9.47 Å². The topological polar surface area (TPSA) is 18.5 Å². The van der Waals surface area contributed by atoms with Crippen LogP contribution in [0, 0.1) is 11.8 Å². The van der Waals surface area contributed by atoms with Gasteiger partial charge in [-0.25, -0.2) is 0 Å². The molecule has 92 valence electrons. The molecule has 0 radical (unpaired) electrons. The van der Waals surface area contributed by atoms with Gasteiger partial charge in [0.15, 0.2) is 6.29 Å². The van der Waals surface area contributed by atoms with Crippen molar-refractivity contribution in [3.05, 3.63) is 11.7 Å². The van der Waals surface area contributed by atoms with E-state index in [9.17, 15) is 8.78 Å². The molecule has 0 aromatic rings. The summed E-state index contributed by atoms with van der Waals surface area (Å²) in [6.07, 6.45) is 0.840. The molecule has 2 nitrogen and oxygen atoms in total. The van der Waals surface area contributed by atoms with Gasteiger partial charge in [0.05, 0.1) is 13.2 Å². The highest BCUT2D eigenvalue weighted by Gasteiger charge is 2.30.